The lowest BCUT2D eigenvalue weighted by Crippen LogP contribution is -2.23. The molecule has 0 amide bonds. The Labute approximate surface area is 111 Å². The molecule has 6 heteroatoms. The van der Waals surface area contributed by atoms with E-state index < -0.39 is 0 Å². The van der Waals surface area contributed by atoms with Gasteiger partial charge in [-0.2, -0.15) is 0 Å². The first-order valence-electron chi connectivity index (χ1n) is 6.48. The van der Waals surface area contributed by atoms with Crippen LogP contribution in [0.2, 0.25) is 0 Å². The second-order valence-electron chi connectivity index (χ2n) is 4.85. The number of para-hydroxylation sites is 1. The summed E-state index contributed by atoms with van der Waals surface area (Å²) in [5, 5.41) is 12.0. The Morgan fingerprint density at radius 1 is 1.42 bits per heavy atom. The maximum absolute atomic E-state index is 6.13. The number of tetrazole rings is 1. The van der Waals surface area contributed by atoms with E-state index in [0.717, 1.165) is 42.1 Å². The number of nitrogens with two attached hydrogens (primary N) is 1. The highest BCUT2D eigenvalue weighted by molar-refractivity contribution is 5.74. The first-order valence-corrected chi connectivity index (χ1v) is 6.48. The third-order valence-corrected chi connectivity index (χ3v) is 3.54. The number of nitrogen functional groups attached to an aromatic ring is 1. The molecule has 100 valence electrons. The average Bonchev–Trinajstić information content (AvgIpc) is 2.92. The van der Waals surface area contributed by atoms with E-state index in [1.165, 1.54) is 0 Å². The predicted octanol–water partition coefficient (Wildman–Crippen LogP) is 1.58. The number of hydrogen-bond acceptors (Lipinski definition) is 5. The number of anilines is 1. The maximum atomic E-state index is 6.13. The molecule has 1 aromatic carbocycles. The molecule has 1 fully saturated rings. The smallest absolute Gasteiger partial charge is 0.184 e. The second kappa shape index (κ2) is 4.97. The minimum absolute atomic E-state index is 0.193. The molecule has 3 rings (SSSR count). The zero-order chi connectivity index (χ0) is 13.2. The van der Waals surface area contributed by atoms with Crippen molar-refractivity contribution in [2.24, 2.45) is 0 Å². The Balaban J connectivity index is 2.01. The molecule has 6 nitrogen and oxygen atoms in total. The van der Waals surface area contributed by atoms with Crippen LogP contribution < -0.4 is 5.73 Å². The summed E-state index contributed by atoms with van der Waals surface area (Å²) >= 11 is 0. The highest BCUT2D eigenvalue weighted by atomic mass is 16.5. The van der Waals surface area contributed by atoms with Gasteiger partial charge in [-0.25, -0.2) is 4.68 Å². The monoisotopic (exact) mass is 259 g/mol. The molecule has 1 aromatic heterocycles. The molecule has 0 saturated carbocycles. The first-order chi connectivity index (χ1) is 9.27. The molecule has 0 bridgehead atoms. The van der Waals surface area contributed by atoms with Gasteiger partial charge in [0.15, 0.2) is 5.82 Å². The predicted molar refractivity (Wildman–Crippen MR) is 71.5 cm³/mol. The van der Waals surface area contributed by atoms with Crippen LogP contribution in [0.15, 0.2) is 18.2 Å². The summed E-state index contributed by atoms with van der Waals surface area (Å²) in [6, 6.07) is 6.10. The molecule has 0 radical (unpaired) electrons. The summed E-state index contributed by atoms with van der Waals surface area (Å²) in [7, 11) is 0. The van der Waals surface area contributed by atoms with Crippen molar-refractivity contribution in [2.75, 3.05) is 18.9 Å². The number of hydrogen-bond donors (Lipinski definition) is 1. The zero-order valence-electron chi connectivity index (χ0n) is 10.9. The van der Waals surface area contributed by atoms with Crippen molar-refractivity contribution in [1.82, 2.24) is 20.2 Å². The normalized spacial score (nSPS) is 19.5. The fraction of sp³-hybridized carbons (Fsp3) is 0.462. The van der Waals surface area contributed by atoms with Gasteiger partial charge >= 0.3 is 0 Å². The number of rotatable bonds is 2. The van der Waals surface area contributed by atoms with Crippen molar-refractivity contribution in [2.45, 2.75) is 25.8 Å². The van der Waals surface area contributed by atoms with Gasteiger partial charge in [0.05, 0.1) is 12.6 Å². The molecule has 0 spiro atoms. The molecule has 1 atom stereocenters. The van der Waals surface area contributed by atoms with Gasteiger partial charge in [0.25, 0.3) is 0 Å². The molecule has 1 aliphatic rings. The second-order valence-corrected chi connectivity index (χ2v) is 4.85. The molecular weight excluding hydrogens is 242 g/mol. The van der Waals surface area contributed by atoms with Crippen LogP contribution in [0.5, 0.6) is 0 Å². The summed E-state index contributed by atoms with van der Waals surface area (Å²) in [5.41, 5.74) is 8.78. The fourth-order valence-corrected chi connectivity index (χ4v) is 2.41. The minimum Gasteiger partial charge on any atom is -0.398 e. The molecule has 1 unspecified atom stereocenters. The van der Waals surface area contributed by atoms with Crippen molar-refractivity contribution in [3.8, 4) is 11.4 Å². The standard InChI is InChI=1S/C13H17N5O/c1-9-4-2-6-11(12(9)14)13-15-16-17-18(13)10-5-3-7-19-8-10/h2,4,6,10H,3,5,7-8,14H2,1H3. The summed E-state index contributed by atoms with van der Waals surface area (Å²) in [4.78, 5) is 0. The van der Waals surface area contributed by atoms with Crippen molar-refractivity contribution in [3.63, 3.8) is 0 Å². The van der Waals surface area contributed by atoms with Crippen molar-refractivity contribution < 1.29 is 4.74 Å². The molecule has 1 aliphatic heterocycles. The van der Waals surface area contributed by atoms with Gasteiger partial charge in [0.1, 0.15) is 0 Å². The Morgan fingerprint density at radius 2 is 2.32 bits per heavy atom. The number of ether oxygens (including phenoxy) is 1. The summed E-state index contributed by atoms with van der Waals surface area (Å²) in [6.07, 6.45) is 2.07. The molecule has 19 heavy (non-hydrogen) atoms. The Bertz CT molecular complexity index is 574. The molecule has 2 N–H and O–H groups in total. The van der Waals surface area contributed by atoms with Crippen molar-refractivity contribution >= 4 is 5.69 Å². The van der Waals surface area contributed by atoms with Crippen LogP contribution in [0.4, 0.5) is 5.69 Å². The lowest BCUT2D eigenvalue weighted by Gasteiger charge is -2.23. The summed E-state index contributed by atoms with van der Waals surface area (Å²) in [5.74, 6) is 0.719. The quantitative estimate of drug-likeness (QED) is 0.828. The van der Waals surface area contributed by atoms with E-state index in [2.05, 4.69) is 15.5 Å². The highest BCUT2D eigenvalue weighted by Crippen LogP contribution is 2.29. The average molecular weight is 259 g/mol. The molecule has 0 aliphatic carbocycles. The Hall–Kier alpha value is -1.95. The Morgan fingerprint density at radius 3 is 3.11 bits per heavy atom. The van der Waals surface area contributed by atoms with Crippen LogP contribution in [-0.2, 0) is 4.74 Å². The lowest BCUT2D eigenvalue weighted by molar-refractivity contribution is 0.0548. The van der Waals surface area contributed by atoms with E-state index in [-0.39, 0.29) is 6.04 Å². The van der Waals surface area contributed by atoms with Gasteiger partial charge in [0, 0.05) is 17.9 Å². The SMILES string of the molecule is Cc1cccc(-c2nnnn2C2CCCOC2)c1N. The van der Waals surface area contributed by atoms with E-state index in [1.807, 2.05) is 29.8 Å². The number of aryl methyl sites for hydroxylation is 1. The van der Waals surface area contributed by atoms with Gasteiger partial charge in [0.2, 0.25) is 0 Å². The Kier molecular flexibility index (Phi) is 3.16. The van der Waals surface area contributed by atoms with Gasteiger partial charge < -0.3 is 10.5 Å². The van der Waals surface area contributed by atoms with Gasteiger partial charge in [-0.3, -0.25) is 0 Å². The van der Waals surface area contributed by atoms with Crippen molar-refractivity contribution in [1.29, 1.82) is 0 Å². The summed E-state index contributed by atoms with van der Waals surface area (Å²) < 4.78 is 7.34. The van der Waals surface area contributed by atoms with E-state index in [9.17, 15) is 0 Å². The van der Waals surface area contributed by atoms with Gasteiger partial charge in [-0.05, 0) is 41.8 Å². The van der Waals surface area contributed by atoms with Gasteiger partial charge in [-0.15, -0.1) is 5.10 Å². The van der Waals surface area contributed by atoms with Crippen LogP contribution in [0, 0.1) is 6.92 Å². The van der Waals surface area contributed by atoms with Crippen LogP contribution in [0.25, 0.3) is 11.4 Å². The number of benzene rings is 1. The molecule has 1 saturated heterocycles. The van der Waals surface area contributed by atoms with E-state index in [0.29, 0.717) is 6.61 Å². The number of aromatic nitrogens is 4. The highest BCUT2D eigenvalue weighted by Gasteiger charge is 2.22. The maximum Gasteiger partial charge on any atom is 0.184 e. The third-order valence-electron chi connectivity index (χ3n) is 3.54. The minimum atomic E-state index is 0.193. The van der Waals surface area contributed by atoms with E-state index in [4.69, 9.17) is 10.5 Å². The number of nitrogens with zero attached hydrogens (tertiary/aromatic N) is 4. The molecular formula is C13H17N5O. The van der Waals surface area contributed by atoms with Crippen molar-refractivity contribution in [3.05, 3.63) is 23.8 Å². The largest absolute Gasteiger partial charge is 0.398 e. The van der Waals surface area contributed by atoms with E-state index >= 15 is 0 Å². The van der Waals surface area contributed by atoms with Crippen LogP contribution in [-0.4, -0.2) is 33.4 Å². The zero-order valence-corrected chi connectivity index (χ0v) is 10.9. The topological polar surface area (TPSA) is 78.8 Å². The van der Waals surface area contributed by atoms with E-state index in [1.54, 1.807) is 0 Å². The van der Waals surface area contributed by atoms with Crippen LogP contribution >= 0.6 is 0 Å². The lowest BCUT2D eigenvalue weighted by atomic mass is 10.1. The van der Waals surface area contributed by atoms with Gasteiger partial charge in [-0.1, -0.05) is 12.1 Å². The van der Waals surface area contributed by atoms with Crippen LogP contribution in [0.3, 0.4) is 0 Å². The first kappa shape index (κ1) is 12.1. The molecule has 2 heterocycles. The third kappa shape index (κ3) is 2.19. The summed E-state index contributed by atoms with van der Waals surface area (Å²) in [6.45, 7) is 3.46. The fourth-order valence-electron chi connectivity index (χ4n) is 2.41. The molecule has 2 aromatic rings. The van der Waals surface area contributed by atoms with Crippen LogP contribution in [0.1, 0.15) is 24.4 Å².